The second-order valence-electron chi connectivity index (χ2n) is 5.83. The summed E-state index contributed by atoms with van der Waals surface area (Å²) in [6.07, 6.45) is 2.99. The molecule has 1 aliphatic heterocycles. The summed E-state index contributed by atoms with van der Waals surface area (Å²) in [7, 11) is 0. The van der Waals surface area contributed by atoms with Crippen molar-refractivity contribution < 1.29 is 9.59 Å². The Balaban J connectivity index is 1.50. The fourth-order valence-electron chi connectivity index (χ4n) is 2.71. The normalized spacial score (nSPS) is 15.1. The van der Waals surface area contributed by atoms with Crippen molar-refractivity contribution in [2.24, 2.45) is 5.92 Å². The van der Waals surface area contributed by atoms with Crippen molar-refractivity contribution in [2.75, 3.05) is 23.7 Å². The number of piperidine rings is 1. The zero-order valence-corrected chi connectivity index (χ0v) is 14.3. The van der Waals surface area contributed by atoms with E-state index >= 15 is 0 Å². The number of carbonyl (C=O) groups excluding carboxylic acids is 2. The first kappa shape index (κ1) is 16.4. The second kappa shape index (κ2) is 7.44. The molecule has 0 radical (unpaired) electrons. The number of anilines is 2. The van der Waals surface area contributed by atoms with E-state index in [0.29, 0.717) is 31.7 Å². The van der Waals surface area contributed by atoms with E-state index in [1.807, 2.05) is 36.6 Å². The first-order chi connectivity index (χ1) is 11.6. The molecule has 2 aromatic rings. The second-order valence-corrected chi connectivity index (χ2v) is 6.77. The number of amides is 3. The van der Waals surface area contributed by atoms with E-state index in [1.54, 1.807) is 11.1 Å². The third-order valence-corrected chi connectivity index (χ3v) is 4.94. The number of thiophene rings is 1. The Kier molecular flexibility index (Phi) is 5.10. The number of likely N-dealkylation sites (tertiary alicyclic amines) is 1. The molecule has 0 saturated carbocycles. The fraction of sp³-hybridized carbons (Fsp3) is 0.353. The van der Waals surface area contributed by atoms with E-state index in [-0.39, 0.29) is 17.9 Å². The molecular weight excluding hydrogens is 324 g/mol. The highest BCUT2D eigenvalue weighted by Gasteiger charge is 2.27. The zero-order valence-electron chi connectivity index (χ0n) is 13.5. The molecule has 1 fully saturated rings. The maximum Gasteiger partial charge on any atom is 0.322 e. The summed E-state index contributed by atoms with van der Waals surface area (Å²) in [6.45, 7) is 3.08. The number of aromatic nitrogens is 1. The van der Waals surface area contributed by atoms with Crippen LogP contribution in [0, 0.1) is 12.8 Å². The molecule has 2 aromatic heterocycles. The predicted octanol–water partition coefficient (Wildman–Crippen LogP) is 3.33. The van der Waals surface area contributed by atoms with Crippen LogP contribution in [0.4, 0.5) is 15.6 Å². The van der Waals surface area contributed by atoms with Crippen LogP contribution in [0.2, 0.25) is 0 Å². The highest BCUT2D eigenvalue weighted by Crippen LogP contribution is 2.22. The number of nitrogens with one attached hydrogen (secondary N) is 2. The molecule has 0 spiro atoms. The minimum Gasteiger partial charge on any atom is -0.324 e. The van der Waals surface area contributed by atoms with Crippen molar-refractivity contribution in [3.63, 3.8) is 0 Å². The van der Waals surface area contributed by atoms with Gasteiger partial charge in [-0.25, -0.2) is 9.78 Å². The zero-order chi connectivity index (χ0) is 16.9. The van der Waals surface area contributed by atoms with Crippen molar-refractivity contribution in [2.45, 2.75) is 19.8 Å². The van der Waals surface area contributed by atoms with Crippen molar-refractivity contribution in [3.05, 3.63) is 41.4 Å². The van der Waals surface area contributed by atoms with Crippen LogP contribution in [0.3, 0.4) is 0 Å². The minimum atomic E-state index is -0.100. The van der Waals surface area contributed by atoms with Gasteiger partial charge in [0.1, 0.15) is 5.82 Å². The lowest BCUT2D eigenvalue weighted by Gasteiger charge is -2.31. The first-order valence-corrected chi connectivity index (χ1v) is 8.83. The Labute approximate surface area is 144 Å². The molecule has 0 bridgehead atoms. The lowest BCUT2D eigenvalue weighted by atomic mass is 9.96. The quantitative estimate of drug-likeness (QED) is 0.897. The van der Waals surface area contributed by atoms with Crippen LogP contribution >= 0.6 is 11.3 Å². The average molecular weight is 344 g/mol. The maximum atomic E-state index is 12.4. The standard InChI is InChI=1S/C17H20N4O2S/c1-12-4-2-8-18-15(12)20-16(22)13-6-9-21(10-7-13)17(23)19-14-5-3-11-24-14/h2-5,8,11,13H,6-7,9-10H2,1H3,(H,19,23)(H,18,20,22). The van der Waals surface area contributed by atoms with E-state index in [1.165, 1.54) is 11.3 Å². The highest BCUT2D eigenvalue weighted by molar-refractivity contribution is 7.14. The Bertz CT molecular complexity index is 709. The minimum absolute atomic E-state index is 0.0184. The van der Waals surface area contributed by atoms with E-state index < -0.39 is 0 Å². The van der Waals surface area contributed by atoms with Gasteiger partial charge in [-0.2, -0.15) is 0 Å². The number of aryl methyl sites for hydroxylation is 1. The number of hydrogen-bond donors (Lipinski definition) is 2. The smallest absolute Gasteiger partial charge is 0.322 e. The van der Waals surface area contributed by atoms with Crippen LogP contribution in [0.15, 0.2) is 35.8 Å². The van der Waals surface area contributed by atoms with Gasteiger partial charge in [0.25, 0.3) is 0 Å². The van der Waals surface area contributed by atoms with Crippen LogP contribution in [-0.2, 0) is 4.79 Å². The van der Waals surface area contributed by atoms with Gasteiger partial charge in [-0.15, -0.1) is 11.3 Å². The van der Waals surface area contributed by atoms with E-state index in [0.717, 1.165) is 10.6 Å². The lowest BCUT2D eigenvalue weighted by Crippen LogP contribution is -2.43. The van der Waals surface area contributed by atoms with Gasteiger partial charge in [0.15, 0.2) is 0 Å². The summed E-state index contributed by atoms with van der Waals surface area (Å²) in [6, 6.07) is 7.43. The summed E-state index contributed by atoms with van der Waals surface area (Å²) < 4.78 is 0. The molecule has 3 amide bonds. The van der Waals surface area contributed by atoms with Gasteiger partial charge in [-0.1, -0.05) is 6.07 Å². The topological polar surface area (TPSA) is 74.3 Å². The molecule has 0 unspecified atom stereocenters. The molecule has 0 aliphatic carbocycles. The Morgan fingerprint density at radius 2 is 2.00 bits per heavy atom. The summed E-state index contributed by atoms with van der Waals surface area (Å²) >= 11 is 1.49. The number of rotatable bonds is 3. The first-order valence-electron chi connectivity index (χ1n) is 7.95. The van der Waals surface area contributed by atoms with Gasteiger partial charge >= 0.3 is 6.03 Å². The molecule has 1 saturated heterocycles. The Hall–Kier alpha value is -2.41. The summed E-state index contributed by atoms with van der Waals surface area (Å²) in [5, 5.41) is 8.53. The van der Waals surface area contributed by atoms with Gasteiger partial charge in [0.05, 0.1) is 5.00 Å². The summed E-state index contributed by atoms with van der Waals surface area (Å²) in [5.41, 5.74) is 0.943. The molecule has 24 heavy (non-hydrogen) atoms. The summed E-state index contributed by atoms with van der Waals surface area (Å²) in [5.74, 6) is 0.507. The largest absolute Gasteiger partial charge is 0.324 e. The Morgan fingerprint density at radius 1 is 1.21 bits per heavy atom. The number of carbonyl (C=O) groups is 2. The Morgan fingerprint density at radius 3 is 2.67 bits per heavy atom. The predicted molar refractivity (Wildman–Crippen MR) is 95.2 cm³/mol. The molecule has 126 valence electrons. The van der Waals surface area contributed by atoms with E-state index in [2.05, 4.69) is 15.6 Å². The van der Waals surface area contributed by atoms with Crippen LogP contribution in [0.5, 0.6) is 0 Å². The van der Waals surface area contributed by atoms with E-state index in [9.17, 15) is 9.59 Å². The molecule has 6 nitrogen and oxygen atoms in total. The average Bonchev–Trinajstić information content (AvgIpc) is 3.10. The van der Waals surface area contributed by atoms with Crippen LogP contribution < -0.4 is 10.6 Å². The summed E-state index contributed by atoms with van der Waals surface area (Å²) in [4.78, 5) is 30.5. The number of nitrogens with zero attached hydrogens (tertiary/aromatic N) is 2. The molecular formula is C17H20N4O2S. The van der Waals surface area contributed by atoms with Gasteiger partial charge in [0, 0.05) is 25.2 Å². The molecule has 3 rings (SSSR count). The molecule has 2 N–H and O–H groups in total. The van der Waals surface area contributed by atoms with Gasteiger partial charge in [-0.05, 0) is 48.9 Å². The van der Waals surface area contributed by atoms with Crippen molar-refractivity contribution in [3.8, 4) is 0 Å². The van der Waals surface area contributed by atoms with Crippen molar-refractivity contribution in [1.82, 2.24) is 9.88 Å². The van der Waals surface area contributed by atoms with Gasteiger partial charge in [-0.3, -0.25) is 10.1 Å². The molecule has 0 aromatic carbocycles. The van der Waals surface area contributed by atoms with Crippen molar-refractivity contribution >= 4 is 34.1 Å². The number of pyridine rings is 1. The third kappa shape index (κ3) is 3.91. The SMILES string of the molecule is Cc1cccnc1NC(=O)C1CCN(C(=O)Nc2cccs2)CC1. The third-order valence-electron chi connectivity index (χ3n) is 4.16. The van der Waals surface area contributed by atoms with Crippen LogP contribution in [0.25, 0.3) is 0 Å². The lowest BCUT2D eigenvalue weighted by molar-refractivity contribution is -0.121. The number of urea groups is 1. The van der Waals surface area contributed by atoms with Crippen LogP contribution in [-0.4, -0.2) is 34.9 Å². The monoisotopic (exact) mass is 344 g/mol. The highest BCUT2D eigenvalue weighted by atomic mass is 32.1. The van der Waals surface area contributed by atoms with Crippen molar-refractivity contribution in [1.29, 1.82) is 0 Å². The maximum absolute atomic E-state index is 12.4. The van der Waals surface area contributed by atoms with Crippen LogP contribution in [0.1, 0.15) is 18.4 Å². The molecule has 7 heteroatoms. The molecule has 0 atom stereocenters. The van der Waals surface area contributed by atoms with E-state index in [4.69, 9.17) is 0 Å². The van der Waals surface area contributed by atoms with Gasteiger partial charge in [0.2, 0.25) is 5.91 Å². The molecule has 1 aliphatic rings. The van der Waals surface area contributed by atoms with Gasteiger partial charge < -0.3 is 10.2 Å². The molecule has 3 heterocycles. The number of hydrogen-bond acceptors (Lipinski definition) is 4. The fourth-order valence-corrected chi connectivity index (χ4v) is 3.32.